The first kappa shape index (κ1) is 29.4. The Bertz CT molecular complexity index is 3430. The lowest BCUT2D eigenvalue weighted by Crippen LogP contribution is -1.91. The lowest BCUT2D eigenvalue weighted by atomic mass is 9.85. The zero-order valence-electron chi connectivity index (χ0n) is 29.1. The molecule has 0 aliphatic heterocycles. The zero-order chi connectivity index (χ0) is 35.3. The summed E-state index contributed by atoms with van der Waals surface area (Å²) in [5, 5.41) is 14.0. The quantitative estimate of drug-likeness (QED) is 0.173. The molecular formula is C52H30O2. The summed E-state index contributed by atoms with van der Waals surface area (Å²) >= 11 is 0. The van der Waals surface area contributed by atoms with Crippen molar-refractivity contribution in [1.29, 1.82) is 0 Å². The van der Waals surface area contributed by atoms with Gasteiger partial charge in [-0.05, 0) is 95.3 Å². The fraction of sp³-hybridized carbons (Fsp3) is 0. The Kier molecular flexibility index (Phi) is 6.09. The molecule has 2 aromatic heterocycles. The predicted octanol–water partition coefficient (Wildman–Crippen LogP) is 15.1. The Morgan fingerprint density at radius 2 is 0.796 bits per heavy atom. The lowest BCUT2D eigenvalue weighted by molar-refractivity contribution is 0.665. The van der Waals surface area contributed by atoms with Crippen molar-refractivity contribution in [2.24, 2.45) is 0 Å². The van der Waals surface area contributed by atoms with Crippen molar-refractivity contribution in [1.82, 2.24) is 0 Å². The minimum atomic E-state index is 0.827. The van der Waals surface area contributed by atoms with E-state index in [0.717, 1.165) is 65.8 Å². The highest BCUT2D eigenvalue weighted by atomic mass is 16.3. The molecule has 250 valence electrons. The second-order valence-electron chi connectivity index (χ2n) is 14.3. The van der Waals surface area contributed by atoms with Gasteiger partial charge in [-0.3, -0.25) is 0 Å². The first-order valence-electron chi connectivity index (χ1n) is 18.5. The third-order valence-corrected chi connectivity index (χ3v) is 11.4. The molecule has 12 rings (SSSR count). The van der Waals surface area contributed by atoms with E-state index in [2.05, 4.69) is 176 Å². The van der Waals surface area contributed by atoms with Gasteiger partial charge in [0.15, 0.2) is 0 Å². The average molecular weight is 687 g/mol. The van der Waals surface area contributed by atoms with Crippen LogP contribution in [0.3, 0.4) is 0 Å². The van der Waals surface area contributed by atoms with Gasteiger partial charge in [-0.15, -0.1) is 0 Å². The van der Waals surface area contributed by atoms with Crippen LogP contribution in [0.4, 0.5) is 0 Å². The van der Waals surface area contributed by atoms with Crippen LogP contribution in [0.1, 0.15) is 0 Å². The number of para-hydroxylation sites is 1. The summed E-state index contributed by atoms with van der Waals surface area (Å²) in [4.78, 5) is 0. The molecule has 0 radical (unpaired) electrons. The van der Waals surface area contributed by atoms with Crippen molar-refractivity contribution in [2.45, 2.75) is 0 Å². The molecule has 2 nitrogen and oxygen atoms in total. The van der Waals surface area contributed by atoms with E-state index >= 15 is 0 Å². The maximum Gasteiger partial charge on any atom is 0.147 e. The summed E-state index contributed by atoms with van der Waals surface area (Å²) in [6.07, 6.45) is 0. The van der Waals surface area contributed by atoms with Gasteiger partial charge in [-0.25, -0.2) is 0 Å². The van der Waals surface area contributed by atoms with Crippen LogP contribution in [-0.4, -0.2) is 0 Å². The van der Waals surface area contributed by atoms with E-state index in [1.165, 1.54) is 54.6 Å². The van der Waals surface area contributed by atoms with Gasteiger partial charge >= 0.3 is 0 Å². The summed E-state index contributed by atoms with van der Waals surface area (Å²) in [5.41, 5.74) is 10.6. The van der Waals surface area contributed by atoms with Crippen LogP contribution in [0.2, 0.25) is 0 Å². The number of furan rings is 2. The molecule has 0 aliphatic carbocycles. The molecule has 0 unspecified atom stereocenters. The second kappa shape index (κ2) is 11.2. The van der Waals surface area contributed by atoms with Gasteiger partial charge in [0.25, 0.3) is 0 Å². The van der Waals surface area contributed by atoms with E-state index in [9.17, 15) is 0 Å². The molecule has 0 aliphatic rings. The molecule has 12 aromatic rings. The van der Waals surface area contributed by atoms with Crippen molar-refractivity contribution in [2.75, 3.05) is 0 Å². The highest BCUT2D eigenvalue weighted by Crippen LogP contribution is 2.47. The Labute approximate surface area is 310 Å². The summed E-state index contributed by atoms with van der Waals surface area (Å²) < 4.78 is 13.4. The fourth-order valence-electron chi connectivity index (χ4n) is 9.01. The number of hydrogen-bond donors (Lipinski definition) is 0. The van der Waals surface area contributed by atoms with E-state index < -0.39 is 0 Å². The Morgan fingerprint density at radius 1 is 0.278 bits per heavy atom. The summed E-state index contributed by atoms with van der Waals surface area (Å²) in [6, 6.07) is 65.6. The molecule has 0 fully saturated rings. The normalized spacial score (nSPS) is 12.1. The number of hydrogen-bond acceptors (Lipinski definition) is 2. The average Bonchev–Trinajstić information content (AvgIpc) is 3.81. The minimum Gasteiger partial charge on any atom is -0.455 e. The number of fused-ring (bicyclic) bond motifs is 12. The van der Waals surface area contributed by atoms with Crippen LogP contribution in [-0.2, 0) is 0 Å². The standard InChI is InChI=1S/C52H30O2/c1-2-13-35-29-36(26-21-31(35)11-1)48-40-17-7-5-15-38(40)47(39-16-6-8-18-41(39)48)34-24-22-33(23-25-34)44-30-46-50(52-49(44)42-19-9-10-20-45(42)53-52)43-28-27-32-12-3-4-14-37(32)51(43)54-46/h1-30H. The van der Waals surface area contributed by atoms with Crippen LogP contribution >= 0.6 is 0 Å². The number of rotatable bonds is 3. The summed E-state index contributed by atoms with van der Waals surface area (Å²) in [6.45, 7) is 0. The SMILES string of the molecule is c1ccc2cc(-c3c4ccccc4c(-c4ccc(-c5cc6oc7c8ccccc8ccc7c6c6oc7ccccc7c56)cc4)c4ccccc34)ccc2c1. The van der Waals surface area contributed by atoms with Crippen molar-refractivity contribution in [3.8, 4) is 33.4 Å². The minimum absolute atomic E-state index is 0.827. The van der Waals surface area contributed by atoms with E-state index in [0.29, 0.717) is 0 Å². The Balaban J connectivity index is 1.08. The largest absolute Gasteiger partial charge is 0.455 e. The van der Waals surface area contributed by atoms with Gasteiger partial charge < -0.3 is 8.83 Å². The third-order valence-electron chi connectivity index (χ3n) is 11.4. The van der Waals surface area contributed by atoms with Crippen LogP contribution < -0.4 is 0 Å². The Hall–Kier alpha value is -7.16. The van der Waals surface area contributed by atoms with Crippen molar-refractivity contribution in [3.05, 3.63) is 182 Å². The Morgan fingerprint density at radius 3 is 1.52 bits per heavy atom. The van der Waals surface area contributed by atoms with Crippen molar-refractivity contribution in [3.63, 3.8) is 0 Å². The molecule has 0 spiro atoms. The van der Waals surface area contributed by atoms with Crippen LogP contribution in [0.15, 0.2) is 191 Å². The molecule has 0 saturated heterocycles. The highest BCUT2D eigenvalue weighted by molar-refractivity contribution is 6.28. The van der Waals surface area contributed by atoms with Crippen molar-refractivity contribution < 1.29 is 8.83 Å². The van der Waals surface area contributed by atoms with E-state index in [1.807, 2.05) is 6.07 Å². The van der Waals surface area contributed by atoms with E-state index in [-0.39, 0.29) is 0 Å². The van der Waals surface area contributed by atoms with Gasteiger partial charge in [0.1, 0.15) is 22.3 Å². The molecule has 10 aromatic carbocycles. The fourth-order valence-corrected chi connectivity index (χ4v) is 9.01. The van der Waals surface area contributed by atoms with Crippen LogP contribution in [0.25, 0.3) is 120 Å². The van der Waals surface area contributed by atoms with Gasteiger partial charge in [0, 0.05) is 21.5 Å². The summed E-state index contributed by atoms with van der Waals surface area (Å²) in [5.74, 6) is 0. The maximum absolute atomic E-state index is 6.73. The predicted molar refractivity (Wildman–Crippen MR) is 227 cm³/mol. The van der Waals surface area contributed by atoms with Gasteiger partial charge in [0.05, 0.1) is 5.39 Å². The topological polar surface area (TPSA) is 26.3 Å². The lowest BCUT2D eigenvalue weighted by Gasteiger charge is -2.18. The molecule has 0 bridgehead atoms. The molecule has 0 amide bonds. The molecular weight excluding hydrogens is 657 g/mol. The van der Waals surface area contributed by atoms with Gasteiger partial charge in [0.2, 0.25) is 0 Å². The molecule has 54 heavy (non-hydrogen) atoms. The summed E-state index contributed by atoms with van der Waals surface area (Å²) in [7, 11) is 0. The smallest absolute Gasteiger partial charge is 0.147 e. The molecule has 2 heteroatoms. The molecule has 0 N–H and O–H groups in total. The van der Waals surface area contributed by atoms with Crippen LogP contribution in [0, 0.1) is 0 Å². The zero-order valence-corrected chi connectivity index (χ0v) is 29.1. The molecule has 0 saturated carbocycles. The number of benzene rings is 10. The van der Waals surface area contributed by atoms with Gasteiger partial charge in [-0.1, -0.05) is 158 Å². The monoisotopic (exact) mass is 686 g/mol. The molecule has 2 heterocycles. The highest BCUT2D eigenvalue weighted by Gasteiger charge is 2.22. The molecule has 0 atom stereocenters. The van der Waals surface area contributed by atoms with Gasteiger partial charge in [-0.2, -0.15) is 0 Å². The third kappa shape index (κ3) is 4.17. The second-order valence-corrected chi connectivity index (χ2v) is 14.3. The maximum atomic E-state index is 6.73. The van der Waals surface area contributed by atoms with Crippen molar-refractivity contribution >= 4 is 87.0 Å². The first-order valence-corrected chi connectivity index (χ1v) is 18.5. The van der Waals surface area contributed by atoms with E-state index in [1.54, 1.807) is 0 Å². The van der Waals surface area contributed by atoms with Crippen LogP contribution in [0.5, 0.6) is 0 Å². The van der Waals surface area contributed by atoms with E-state index in [4.69, 9.17) is 8.83 Å². The first-order chi connectivity index (χ1) is 26.8.